The molecule has 0 bridgehead atoms. The number of rotatable bonds is 32. The minimum absolute atomic E-state index is 0.402. The minimum Gasteiger partial charge on any atom is -0.229 e. The Morgan fingerprint density at radius 2 is 0.564 bits per heavy atom. The van der Waals surface area contributed by atoms with E-state index < -0.39 is 9.84 Å². The molecule has 0 aromatic heterocycles. The molecular formula is C36H70O2S. The van der Waals surface area contributed by atoms with Crippen LogP contribution >= 0.6 is 0 Å². The van der Waals surface area contributed by atoms with Crippen molar-refractivity contribution in [2.24, 2.45) is 0 Å². The van der Waals surface area contributed by atoms with Gasteiger partial charge >= 0.3 is 0 Å². The van der Waals surface area contributed by atoms with Crippen LogP contribution in [0.1, 0.15) is 194 Å². The van der Waals surface area contributed by atoms with Gasteiger partial charge in [-0.3, -0.25) is 0 Å². The second-order valence-electron chi connectivity index (χ2n) is 12.0. The highest BCUT2D eigenvalue weighted by Crippen LogP contribution is 2.13. The summed E-state index contributed by atoms with van der Waals surface area (Å²) in [6.45, 7) is 4.55. The fraction of sp³-hybridized carbons (Fsp3) is 0.889. The SMILES string of the molecule is CCCCCCCC/C=C\CCCCCCCCS(=O)(=O)CCCCCCCC/C=C\CCCCCCCC. The van der Waals surface area contributed by atoms with Gasteiger partial charge in [0, 0.05) is 0 Å². The largest absolute Gasteiger partial charge is 0.229 e. The van der Waals surface area contributed by atoms with E-state index in [0.717, 1.165) is 25.7 Å². The summed E-state index contributed by atoms with van der Waals surface area (Å²) in [5, 5.41) is 0. The van der Waals surface area contributed by atoms with E-state index in [9.17, 15) is 8.42 Å². The molecular weight excluding hydrogens is 496 g/mol. The molecule has 0 N–H and O–H groups in total. The average molecular weight is 567 g/mol. The Hall–Kier alpha value is -0.570. The summed E-state index contributed by atoms with van der Waals surface area (Å²) in [6, 6.07) is 0. The highest BCUT2D eigenvalue weighted by Gasteiger charge is 2.09. The molecule has 232 valence electrons. The molecule has 0 aliphatic heterocycles. The Labute approximate surface area is 247 Å². The van der Waals surface area contributed by atoms with E-state index in [4.69, 9.17) is 0 Å². The molecule has 0 amide bonds. The van der Waals surface area contributed by atoms with E-state index in [1.165, 1.54) is 154 Å². The fourth-order valence-corrected chi connectivity index (χ4v) is 6.73. The summed E-state index contributed by atoms with van der Waals surface area (Å²) >= 11 is 0. The molecule has 0 saturated heterocycles. The Morgan fingerprint density at radius 1 is 0.333 bits per heavy atom. The molecule has 0 saturated carbocycles. The molecule has 0 aromatic rings. The third-order valence-electron chi connectivity index (χ3n) is 7.93. The second-order valence-corrected chi connectivity index (χ2v) is 14.3. The molecule has 0 aliphatic rings. The zero-order valence-corrected chi connectivity index (χ0v) is 27.6. The first kappa shape index (κ1) is 38.4. The molecule has 0 unspecified atom stereocenters. The molecule has 0 rings (SSSR count). The first-order valence-corrected chi connectivity index (χ1v) is 19.4. The molecule has 2 nitrogen and oxygen atoms in total. The lowest BCUT2D eigenvalue weighted by molar-refractivity contribution is 0.571. The summed E-state index contributed by atoms with van der Waals surface area (Å²) in [5.41, 5.74) is 0. The van der Waals surface area contributed by atoms with Crippen LogP contribution < -0.4 is 0 Å². The maximum Gasteiger partial charge on any atom is 0.150 e. The van der Waals surface area contributed by atoms with Gasteiger partial charge in [-0.2, -0.15) is 0 Å². The van der Waals surface area contributed by atoms with Crippen LogP contribution in [0.15, 0.2) is 24.3 Å². The summed E-state index contributed by atoms with van der Waals surface area (Å²) < 4.78 is 24.6. The fourth-order valence-electron chi connectivity index (χ4n) is 5.24. The molecule has 3 heteroatoms. The first-order valence-electron chi connectivity index (χ1n) is 17.6. The predicted molar refractivity (Wildman–Crippen MR) is 178 cm³/mol. The second kappa shape index (κ2) is 32.0. The van der Waals surface area contributed by atoms with E-state index in [1.807, 2.05) is 0 Å². The topological polar surface area (TPSA) is 34.1 Å². The normalized spacial score (nSPS) is 12.4. The third-order valence-corrected chi connectivity index (χ3v) is 9.76. The van der Waals surface area contributed by atoms with Gasteiger partial charge in [0.25, 0.3) is 0 Å². The molecule has 39 heavy (non-hydrogen) atoms. The van der Waals surface area contributed by atoms with Gasteiger partial charge in [0.05, 0.1) is 11.5 Å². The predicted octanol–water partition coefficient (Wildman–Crippen LogP) is 12.5. The average Bonchev–Trinajstić information content (AvgIpc) is 2.92. The quantitative estimate of drug-likeness (QED) is 0.0599. The van der Waals surface area contributed by atoms with Crippen molar-refractivity contribution < 1.29 is 8.42 Å². The van der Waals surface area contributed by atoms with Crippen molar-refractivity contribution in [2.75, 3.05) is 11.5 Å². The molecule has 0 atom stereocenters. The highest BCUT2D eigenvalue weighted by molar-refractivity contribution is 7.91. The van der Waals surface area contributed by atoms with Crippen molar-refractivity contribution in [2.45, 2.75) is 194 Å². The molecule has 0 aromatic carbocycles. The van der Waals surface area contributed by atoms with Crippen molar-refractivity contribution >= 4 is 9.84 Å². The summed E-state index contributed by atoms with van der Waals surface area (Å²) in [5.74, 6) is 0.804. The van der Waals surface area contributed by atoms with Crippen LogP contribution in [0.3, 0.4) is 0 Å². The zero-order chi connectivity index (χ0) is 28.5. The van der Waals surface area contributed by atoms with Gasteiger partial charge in [-0.1, -0.05) is 154 Å². The molecule has 0 spiro atoms. The van der Waals surface area contributed by atoms with Crippen LogP contribution in [-0.4, -0.2) is 19.9 Å². The smallest absolute Gasteiger partial charge is 0.150 e. The standard InChI is InChI=1S/C36H70O2S/c1-3-5-7-9-11-13-15-17-19-21-23-25-27-29-31-33-35-39(37,38)36-34-32-30-28-26-24-22-20-18-16-14-12-10-8-6-4-2/h17-20H,3-16,21-36H2,1-2H3/b19-17-,20-18-. The van der Waals surface area contributed by atoms with Crippen molar-refractivity contribution in [3.63, 3.8) is 0 Å². The van der Waals surface area contributed by atoms with Crippen LogP contribution in [0.4, 0.5) is 0 Å². The number of hydrogen-bond donors (Lipinski definition) is 0. The Morgan fingerprint density at radius 3 is 0.846 bits per heavy atom. The van der Waals surface area contributed by atoms with E-state index in [2.05, 4.69) is 38.2 Å². The summed E-state index contributed by atoms with van der Waals surface area (Å²) in [7, 11) is -2.84. The van der Waals surface area contributed by atoms with Crippen LogP contribution in [0.2, 0.25) is 0 Å². The first-order chi connectivity index (χ1) is 19.1. The van der Waals surface area contributed by atoms with Crippen LogP contribution in [0.25, 0.3) is 0 Å². The summed E-state index contributed by atoms with van der Waals surface area (Å²) in [4.78, 5) is 0. The minimum atomic E-state index is -2.84. The lowest BCUT2D eigenvalue weighted by atomic mass is 10.1. The zero-order valence-electron chi connectivity index (χ0n) is 26.7. The summed E-state index contributed by atoms with van der Waals surface area (Å²) in [6.07, 6.45) is 44.8. The van der Waals surface area contributed by atoms with Crippen molar-refractivity contribution in [3.05, 3.63) is 24.3 Å². The van der Waals surface area contributed by atoms with Crippen LogP contribution in [0, 0.1) is 0 Å². The number of sulfone groups is 1. The lowest BCUT2D eigenvalue weighted by Gasteiger charge is -2.05. The van der Waals surface area contributed by atoms with E-state index in [-0.39, 0.29) is 0 Å². The Balaban J connectivity index is 3.37. The van der Waals surface area contributed by atoms with Gasteiger partial charge in [-0.05, 0) is 64.2 Å². The van der Waals surface area contributed by atoms with Gasteiger partial charge in [0.15, 0.2) is 0 Å². The van der Waals surface area contributed by atoms with Gasteiger partial charge in [0.2, 0.25) is 0 Å². The maximum absolute atomic E-state index is 12.3. The number of unbranched alkanes of at least 4 members (excludes halogenated alkanes) is 24. The molecule has 0 radical (unpaired) electrons. The Bertz CT molecular complexity index is 572. The highest BCUT2D eigenvalue weighted by atomic mass is 32.2. The monoisotopic (exact) mass is 567 g/mol. The third kappa shape index (κ3) is 33.5. The molecule has 0 heterocycles. The van der Waals surface area contributed by atoms with Crippen molar-refractivity contribution in [3.8, 4) is 0 Å². The molecule has 0 fully saturated rings. The Kier molecular flexibility index (Phi) is 31.5. The van der Waals surface area contributed by atoms with Crippen molar-refractivity contribution in [1.29, 1.82) is 0 Å². The van der Waals surface area contributed by atoms with Crippen LogP contribution in [-0.2, 0) is 9.84 Å². The van der Waals surface area contributed by atoms with E-state index in [1.54, 1.807) is 0 Å². The maximum atomic E-state index is 12.3. The van der Waals surface area contributed by atoms with E-state index in [0.29, 0.717) is 11.5 Å². The number of allylic oxidation sites excluding steroid dienone is 4. The van der Waals surface area contributed by atoms with Gasteiger partial charge in [0.1, 0.15) is 9.84 Å². The van der Waals surface area contributed by atoms with Gasteiger partial charge in [-0.15, -0.1) is 0 Å². The lowest BCUT2D eigenvalue weighted by Crippen LogP contribution is -2.11. The van der Waals surface area contributed by atoms with E-state index >= 15 is 0 Å². The van der Waals surface area contributed by atoms with Crippen molar-refractivity contribution in [1.82, 2.24) is 0 Å². The van der Waals surface area contributed by atoms with Crippen LogP contribution in [0.5, 0.6) is 0 Å². The molecule has 0 aliphatic carbocycles. The number of hydrogen-bond acceptors (Lipinski definition) is 2. The van der Waals surface area contributed by atoms with Gasteiger partial charge in [-0.25, -0.2) is 8.42 Å². The van der Waals surface area contributed by atoms with Gasteiger partial charge < -0.3 is 0 Å².